The van der Waals surface area contributed by atoms with E-state index in [0.717, 1.165) is 24.5 Å². The van der Waals surface area contributed by atoms with Crippen molar-refractivity contribution in [2.24, 2.45) is 7.05 Å². The highest BCUT2D eigenvalue weighted by atomic mass is 32.1. The van der Waals surface area contributed by atoms with Gasteiger partial charge in [-0.15, -0.1) is 11.3 Å². The molecule has 5 heteroatoms. The van der Waals surface area contributed by atoms with Crippen LogP contribution in [0.4, 0.5) is 0 Å². The Balaban J connectivity index is 1.79. The molecule has 16 heavy (non-hydrogen) atoms. The molecule has 2 heterocycles. The Bertz CT molecular complexity index is 446. The van der Waals surface area contributed by atoms with E-state index < -0.39 is 0 Å². The number of nitrogens with one attached hydrogen (secondary N) is 1. The van der Waals surface area contributed by atoms with Crippen molar-refractivity contribution in [3.05, 3.63) is 34.0 Å². The van der Waals surface area contributed by atoms with Crippen LogP contribution >= 0.6 is 11.3 Å². The second kappa shape index (κ2) is 5.23. The minimum atomic E-state index is 0.833. The molecule has 0 bridgehead atoms. The molecule has 0 aliphatic rings. The van der Waals surface area contributed by atoms with Gasteiger partial charge < -0.3 is 5.32 Å². The largest absolute Gasteiger partial charge is 0.306 e. The van der Waals surface area contributed by atoms with Crippen molar-refractivity contribution >= 4 is 11.3 Å². The third-order valence-electron chi connectivity index (χ3n) is 2.31. The highest BCUT2D eigenvalue weighted by molar-refractivity contribution is 7.11. The maximum absolute atomic E-state index is 4.36. The fourth-order valence-electron chi connectivity index (χ4n) is 1.47. The predicted octanol–water partition coefficient (Wildman–Crippen LogP) is 1.73. The summed E-state index contributed by atoms with van der Waals surface area (Å²) >= 11 is 1.78. The summed E-state index contributed by atoms with van der Waals surface area (Å²) < 4.78 is 1.82. The van der Waals surface area contributed by atoms with Crippen LogP contribution in [0.3, 0.4) is 0 Å². The molecule has 0 aliphatic carbocycles. The van der Waals surface area contributed by atoms with Crippen LogP contribution in [0.2, 0.25) is 0 Å². The summed E-state index contributed by atoms with van der Waals surface area (Å²) in [6.45, 7) is 3.83. The Morgan fingerprint density at radius 1 is 1.38 bits per heavy atom. The molecule has 0 aromatic carbocycles. The molecule has 0 amide bonds. The van der Waals surface area contributed by atoms with Crippen LogP contribution in [-0.2, 0) is 26.6 Å². The molecule has 2 rings (SSSR count). The fourth-order valence-corrected chi connectivity index (χ4v) is 2.30. The SMILES string of the molecule is CCc1cnc(CNCc2cnn(C)c2)s1. The van der Waals surface area contributed by atoms with Crippen molar-refractivity contribution in [1.82, 2.24) is 20.1 Å². The minimum absolute atomic E-state index is 0.833. The smallest absolute Gasteiger partial charge is 0.107 e. The van der Waals surface area contributed by atoms with Gasteiger partial charge in [-0.1, -0.05) is 6.92 Å². The first-order valence-electron chi connectivity index (χ1n) is 5.39. The Kier molecular flexibility index (Phi) is 3.69. The van der Waals surface area contributed by atoms with Crippen molar-refractivity contribution in [3.8, 4) is 0 Å². The normalized spacial score (nSPS) is 10.9. The maximum atomic E-state index is 4.36. The van der Waals surface area contributed by atoms with Gasteiger partial charge in [-0.25, -0.2) is 4.98 Å². The predicted molar refractivity (Wildman–Crippen MR) is 65.2 cm³/mol. The number of aromatic nitrogens is 3. The van der Waals surface area contributed by atoms with E-state index in [1.165, 1.54) is 10.4 Å². The Morgan fingerprint density at radius 3 is 2.88 bits per heavy atom. The summed E-state index contributed by atoms with van der Waals surface area (Å²) in [5.41, 5.74) is 1.20. The standard InChI is InChI=1S/C11H16N4S/c1-3-10-6-13-11(16-10)7-12-4-9-5-14-15(2)8-9/h5-6,8,12H,3-4,7H2,1-2H3. The van der Waals surface area contributed by atoms with Crippen molar-refractivity contribution in [3.63, 3.8) is 0 Å². The van der Waals surface area contributed by atoms with E-state index in [1.54, 1.807) is 11.3 Å². The zero-order valence-electron chi connectivity index (χ0n) is 9.60. The Hall–Kier alpha value is -1.20. The van der Waals surface area contributed by atoms with Crippen molar-refractivity contribution < 1.29 is 0 Å². The van der Waals surface area contributed by atoms with Crippen molar-refractivity contribution in [1.29, 1.82) is 0 Å². The number of rotatable bonds is 5. The quantitative estimate of drug-likeness (QED) is 0.859. The fraction of sp³-hybridized carbons (Fsp3) is 0.455. The molecule has 0 saturated heterocycles. The van der Waals surface area contributed by atoms with E-state index >= 15 is 0 Å². The van der Waals surface area contributed by atoms with Gasteiger partial charge in [0.05, 0.1) is 6.20 Å². The molecule has 0 atom stereocenters. The molecule has 0 aliphatic heterocycles. The van der Waals surface area contributed by atoms with Crippen molar-refractivity contribution in [2.45, 2.75) is 26.4 Å². The first-order valence-corrected chi connectivity index (χ1v) is 6.21. The Morgan fingerprint density at radius 2 is 2.25 bits per heavy atom. The van der Waals surface area contributed by atoms with Gasteiger partial charge in [0, 0.05) is 43.0 Å². The summed E-state index contributed by atoms with van der Waals surface area (Å²) in [6.07, 6.45) is 6.94. The lowest BCUT2D eigenvalue weighted by molar-refractivity contribution is 0.688. The van der Waals surface area contributed by atoms with Gasteiger partial charge in [0.15, 0.2) is 0 Å². The van der Waals surface area contributed by atoms with Crippen LogP contribution < -0.4 is 5.32 Å². The molecule has 0 radical (unpaired) electrons. The van der Waals surface area contributed by atoms with Gasteiger partial charge in [0.1, 0.15) is 5.01 Å². The van der Waals surface area contributed by atoms with Crippen LogP contribution in [0, 0.1) is 0 Å². The lowest BCUT2D eigenvalue weighted by Crippen LogP contribution is -2.11. The monoisotopic (exact) mass is 236 g/mol. The first kappa shape index (κ1) is 11.3. The first-order chi connectivity index (χ1) is 7.78. The topological polar surface area (TPSA) is 42.7 Å². The molecule has 86 valence electrons. The number of aryl methyl sites for hydroxylation is 2. The number of nitrogens with zero attached hydrogens (tertiary/aromatic N) is 3. The van der Waals surface area contributed by atoms with Crippen LogP contribution in [0.15, 0.2) is 18.6 Å². The summed E-state index contributed by atoms with van der Waals surface area (Å²) in [7, 11) is 1.93. The van der Waals surface area contributed by atoms with Crippen LogP contribution in [0.1, 0.15) is 22.4 Å². The molecule has 0 saturated carbocycles. The van der Waals surface area contributed by atoms with E-state index in [9.17, 15) is 0 Å². The molecule has 4 nitrogen and oxygen atoms in total. The average Bonchev–Trinajstić information content (AvgIpc) is 2.88. The molecule has 2 aromatic rings. The van der Waals surface area contributed by atoms with E-state index in [2.05, 4.69) is 22.3 Å². The molecule has 0 spiro atoms. The molecule has 1 N–H and O–H groups in total. The van der Waals surface area contributed by atoms with Gasteiger partial charge in [0.2, 0.25) is 0 Å². The lowest BCUT2D eigenvalue weighted by atomic mass is 10.3. The number of thiazole rings is 1. The minimum Gasteiger partial charge on any atom is -0.306 e. The summed E-state index contributed by atoms with van der Waals surface area (Å²) in [5, 5.41) is 8.64. The second-order valence-corrected chi connectivity index (χ2v) is 4.90. The highest BCUT2D eigenvalue weighted by Gasteiger charge is 2.00. The van der Waals surface area contributed by atoms with E-state index in [4.69, 9.17) is 0 Å². The van der Waals surface area contributed by atoms with Crippen LogP contribution in [-0.4, -0.2) is 14.8 Å². The third-order valence-corrected chi connectivity index (χ3v) is 3.46. The third kappa shape index (κ3) is 2.90. The molecule has 2 aromatic heterocycles. The van der Waals surface area contributed by atoms with E-state index in [0.29, 0.717) is 0 Å². The lowest BCUT2D eigenvalue weighted by Gasteiger charge is -1.98. The van der Waals surface area contributed by atoms with E-state index in [-0.39, 0.29) is 0 Å². The zero-order valence-corrected chi connectivity index (χ0v) is 10.4. The second-order valence-electron chi connectivity index (χ2n) is 3.70. The molecular formula is C11H16N4S. The van der Waals surface area contributed by atoms with Gasteiger partial charge >= 0.3 is 0 Å². The van der Waals surface area contributed by atoms with E-state index in [1.807, 2.05) is 30.3 Å². The summed E-state index contributed by atoms with van der Waals surface area (Å²) in [4.78, 5) is 5.70. The summed E-state index contributed by atoms with van der Waals surface area (Å²) in [6, 6.07) is 0. The summed E-state index contributed by atoms with van der Waals surface area (Å²) in [5.74, 6) is 0. The average molecular weight is 236 g/mol. The highest BCUT2D eigenvalue weighted by Crippen LogP contribution is 2.12. The maximum Gasteiger partial charge on any atom is 0.107 e. The van der Waals surface area contributed by atoms with Gasteiger partial charge in [-0.3, -0.25) is 4.68 Å². The zero-order chi connectivity index (χ0) is 11.4. The molecule has 0 unspecified atom stereocenters. The Labute approximate surface area is 99.3 Å². The van der Waals surface area contributed by atoms with Crippen LogP contribution in [0.5, 0.6) is 0 Å². The van der Waals surface area contributed by atoms with Crippen LogP contribution in [0.25, 0.3) is 0 Å². The van der Waals surface area contributed by atoms with Gasteiger partial charge in [-0.2, -0.15) is 5.10 Å². The number of hydrogen-bond donors (Lipinski definition) is 1. The van der Waals surface area contributed by atoms with Crippen molar-refractivity contribution in [2.75, 3.05) is 0 Å². The van der Waals surface area contributed by atoms with Gasteiger partial charge in [-0.05, 0) is 6.42 Å². The van der Waals surface area contributed by atoms with Gasteiger partial charge in [0.25, 0.3) is 0 Å². The molecule has 0 fully saturated rings. The number of hydrogen-bond acceptors (Lipinski definition) is 4. The molecular weight excluding hydrogens is 220 g/mol.